The molecule has 0 aromatic heterocycles. The lowest BCUT2D eigenvalue weighted by molar-refractivity contribution is -0.116. The molecule has 3 aromatic carbocycles. The van der Waals surface area contributed by atoms with Gasteiger partial charge < -0.3 is 20.2 Å². The molecule has 1 aliphatic rings. The molecular formula is C24H19BN2O4. The molecule has 2 N–H and O–H groups in total. The minimum atomic E-state index is -0.570. The first-order chi connectivity index (χ1) is 15.0. The van der Waals surface area contributed by atoms with Crippen LogP contribution in [0.25, 0.3) is 0 Å². The van der Waals surface area contributed by atoms with Gasteiger partial charge in [-0.1, -0.05) is 12.1 Å². The van der Waals surface area contributed by atoms with E-state index >= 15 is 0 Å². The predicted octanol–water partition coefficient (Wildman–Crippen LogP) is 4.31. The Labute approximate surface area is 181 Å². The van der Waals surface area contributed by atoms with E-state index in [0.717, 1.165) is 24.1 Å². The van der Waals surface area contributed by atoms with E-state index < -0.39 is 5.68 Å². The second kappa shape index (κ2) is 8.87. The molecule has 0 unspecified atom stereocenters. The number of hydrogen-bond acceptors (Lipinski definition) is 4. The average Bonchev–Trinajstić information content (AvgIpc) is 2.95. The van der Waals surface area contributed by atoms with Crippen LogP contribution in [0.2, 0.25) is 0 Å². The van der Waals surface area contributed by atoms with Gasteiger partial charge in [0.15, 0.2) is 7.85 Å². The van der Waals surface area contributed by atoms with Crippen molar-refractivity contribution in [2.45, 2.75) is 19.3 Å². The molecule has 0 aliphatic carbocycles. The number of carbonyl (C=O) groups excluding carboxylic acids is 3. The highest BCUT2D eigenvalue weighted by Gasteiger charge is 2.15. The number of carbonyl (C=O) groups is 3. The molecule has 0 atom stereocenters. The van der Waals surface area contributed by atoms with Crippen molar-refractivity contribution < 1.29 is 19.1 Å². The summed E-state index contributed by atoms with van der Waals surface area (Å²) in [4.78, 5) is 35.9. The first-order valence-electron chi connectivity index (χ1n) is 9.90. The number of anilines is 2. The van der Waals surface area contributed by atoms with Gasteiger partial charge in [0.1, 0.15) is 17.2 Å². The summed E-state index contributed by atoms with van der Waals surface area (Å²) in [7, 11) is 5.37. The molecule has 4 rings (SSSR count). The van der Waals surface area contributed by atoms with E-state index in [1.54, 1.807) is 60.7 Å². The number of benzene rings is 3. The second-order valence-electron chi connectivity index (χ2n) is 7.21. The third kappa shape index (κ3) is 4.83. The van der Waals surface area contributed by atoms with Crippen LogP contribution >= 0.6 is 0 Å². The van der Waals surface area contributed by atoms with Crippen LogP contribution < -0.4 is 15.4 Å². The number of fused-ring (bicyclic) bond motifs is 1. The molecule has 6 nitrogen and oxygen atoms in total. The Kier molecular flexibility index (Phi) is 5.84. The van der Waals surface area contributed by atoms with E-state index in [1.807, 2.05) is 6.07 Å². The molecule has 3 aromatic rings. The van der Waals surface area contributed by atoms with Crippen molar-refractivity contribution in [3.63, 3.8) is 0 Å². The number of amides is 2. The molecule has 2 radical (unpaired) electrons. The topological polar surface area (TPSA) is 84.5 Å². The maximum absolute atomic E-state index is 12.7. The predicted molar refractivity (Wildman–Crippen MR) is 119 cm³/mol. The van der Waals surface area contributed by atoms with Gasteiger partial charge in [-0.15, -0.1) is 0 Å². The highest BCUT2D eigenvalue weighted by molar-refractivity contribution is 6.62. The van der Waals surface area contributed by atoms with Crippen molar-refractivity contribution in [3.8, 4) is 11.5 Å². The molecule has 1 heterocycles. The summed E-state index contributed by atoms with van der Waals surface area (Å²) < 4.78 is 5.75. The highest BCUT2D eigenvalue weighted by atomic mass is 16.5. The number of para-hydroxylation sites is 1. The van der Waals surface area contributed by atoms with Crippen LogP contribution in [0.5, 0.6) is 11.5 Å². The maximum Gasteiger partial charge on any atom is 0.255 e. The Morgan fingerprint density at radius 2 is 1.74 bits per heavy atom. The van der Waals surface area contributed by atoms with Gasteiger partial charge in [0, 0.05) is 28.9 Å². The van der Waals surface area contributed by atoms with Gasteiger partial charge in [-0.3, -0.25) is 9.59 Å². The molecule has 0 saturated heterocycles. The van der Waals surface area contributed by atoms with Gasteiger partial charge in [-0.25, -0.2) is 0 Å². The van der Waals surface area contributed by atoms with E-state index in [4.69, 9.17) is 12.6 Å². The van der Waals surface area contributed by atoms with E-state index in [-0.39, 0.29) is 11.8 Å². The summed E-state index contributed by atoms with van der Waals surface area (Å²) in [5.41, 5.74) is 2.56. The van der Waals surface area contributed by atoms with Crippen LogP contribution in [-0.4, -0.2) is 25.3 Å². The molecule has 7 heteroatoms. The third-order valence-electron chi connectivity index (χ3n) is 4.98. The SMILES string of the molecule is [B]C(=O)c1ccccc1Oc1ccc(NC(=O)c2ccc3c(c2)CCCC(=O)N3)cc1. The Morgan fingerprint density at radius 1 is 0.968 bits per heavy atom. The molecule has 2 amide bonds. The summed E-state index contributed by atoms with van der Waals surface area (Å²) >= 11 is 0. The zero-order valence-electron chi connectivity index (χ0n) is 16.7. The molecule has 31 heavy (non-hydrogen) atoms. The minimum Gasteiger partial charge on any atom is -0.457 e. The third-order valence-corrected chi connectivity index (χ3v) is 4.98. The minimum absolute atomic E-state index is 0.00304. The van der Waals surface area contributed by atoms with Crippen LogP contribution in [0, 0.1) is 0 Å². The van der Waals surface area contributed by atoms with Gasteiger partial charge in [0.25, 0.3) is 5.91 Å². The number of rotatable bonds is 5. The smallest absolute Gasteiger partial charge is 0.255 e. The fourth-order valence-electron chi connectivity index (χ4n) is 3.41. The summed E-state index contributed by atoms with van der Waals surface area (Å²) in [5.74, 6) is 0.624. The molecule has 152 valence electrons. The molecular weight excluding hydrogens is 391 g/mol. The van der Waals surface area contributed by atoms with Gasteiger partial charge in [0.2, 0.25) is 5.91 Å². The Balaban J connectivity index is 1.45. The standard InChI is InChI=1S/C24H19BN2O4/c25-23(29)19-5-1-2-6-21(19)31-18-11-9-17(10-12-18)26-24(30)16-8-13-20-15(14-16)4-3-7-22(28)27-20/h1-2,5-6,8-14H,3-4,7H2,(H,26,30)(H,27,28). The van der Waals surface area contributed by atoms with E-state index in [2.05, 4.69) is 10.6 Å². The van der Waals surface area contributed by atoms with Gasteiger partial charge in [-0.2, -0.15) is 0 Å². The number of aryl methyl sites for hydroxylation is 1. The second-order valence-corrected chi connectivity index (χ2v) is 7.21. The molecule has 0 saturated carbocycles. The van der Waals surface area contributed by atoms with Gasteiger partial charge in [0.05, 0.1) is 0 Å². The molecule has 0 bridgehead atoms. The Hall–Kier alpha value is -3.87. The zero-order valence-corrected chi connectivity index (χ0v) is 16.7. The van der Waals surface area contributed by atoms with Crippen LogP contribution in [0.1, 0.15) is 39.1 Å². The van der Waals surface area contributed by atoms with Crippen molar-refractivity contribution >= 4 is 36.7 Å². The van der Waals surface area contributed by atoms with Gasteiger partial charge in [-0.05, 0) is 73.0 Å². The largest absolute Gasteiger partial charge is 0.457 e. The van der Waals surface area contributed by atoms with Crippen molar-refractivity contribution in [3.05, 3.63) is 83.4 Å². The maximum atomic E-state index is 12.7. The van der Waals surface area contributed by atoms with Crippen molar-refractivity contribution in [2.24, 2.45) is 0 Å². The Morgan fingerprint density at radius 3 is 2.52 bits per heavy atom. The van der Waals surface area contributed by atoms with E-state index in [0.29, 0.717) is 34.7 Å². The quantitative estimate of drug-likeness (QED) is 0.614. The summed E-state index contributed by atoms with van der Waals surface area (Å²) in [5, 5.41) is 5.72. The van der Waals surface area contributed by atoms with Crippen molar-refractivity contribution in [1.82, 2.24) is 0 Å². The van der Waals surface area contributed by atoms with Crippen LogP contribution in [-0.2, 0) is 11.2 Å². The fourth-order valence-corrected chi connectivity index (χ4v) is 3.41. The summed E-state index contributed by atoms with van der Waals surface area (Å²) in [6.07, 6.45) is 1.98. The summed E-state index contributed by atoms with van der Waals surface area (Å²) in [6.45, 7) is 0. The van der Waals surface area contributed by atoms with E-state index in [9.17, 15) is 14.4 Å². The molecule has 0 spiro atoms. The van der Waals surface area contributed by atoms with Crippen molar-refractivity contribution in [2.75, 3.05) is 10.6 Å². The monoisotopic (exact) mass is 410 g/mol. The van der Waals surface area contributed by atoms with Crippen LogP contribution in [0.3, 0.4) is 0 Å². The van der Waals surface area contributed by atoms with Gasteiger partial charge >= 0.3 is 0 Å². The number of ether oxygens (including phenoxy) is 1. The van der Waals surface area contributed by atoms with Crippen molar-refractivity contribution in [1.29, 1.82) is 0 Å². The van der Waals surface area contributed by atoms with Crippen LogP contribution in [0.4, 0.5) is 11.4 Å². The number of nitrogens with one attached hydrogen (secondary N) is 2. The van der Waals surface area contributed by atoms with Crippen LogP contribution in [0.15, 0.2) is 66.7 Å². The molecule has 1 aliphatic heterocycles. The Bertz CT molecular complexity index is 1160. The lowest BCUT2D eigenvalue weighted by Gasteiger charge is -2.11. The number of hydrogen-bond donors (Lipinski definition) is 2. The zero-order chi connectivity index (χ0) is 21.8. The first kappa shape index (κ1) is 20.4. The lowest BCUT2D eigenvalue weighted by atomic mass is 9.94. The normalized spacial score (nSPS) is 12.8. The average molecular weight is 410 g/mol. The molecule has 0 fully saturated rings. The van der Waals surface area contributed by atoms with E-state index in [1.165, 1.54) is 0 Å². The lowest BCUT2D eigenvalue weighted by Crippen LogP contribution is -2.13. The fraction of sp³-hybridized carbons (Fsp3) is 0.125. The highest BCUT2D eigenvalue weighted by Crippen LogP contribution is 2.27. The first-order valence-corrected chi connectivity index (χ1v) is 9.90. The summed E-state index contributed by atoms with van der Waals surface area (Å²) in [6, 6.07) is 18.8.